The van der Waals surface area contributed by atoms with Gasteiger partial charge in [0.1, 0.15) is 4.21 Å². The van der Waals surface area contributed by atoms with Gasteiger partial charge in [0.15, 0.2) is 0 Å². The first-order valence-corrected chi connectivity index (χ1v) is 11.6. The molecule has 0 aliphatic rings. The van der Waals surface area contributed by atoms with Gasteiger partial charge in [-0.25, -0.2) is 13.1 Å². The summed E-state index contributed by atoms with van der Waals surface area (Å²) >= 11 is 1.21. The van der Waals surface area contributed by atoms with Crippen molar-refractivity contribution < 1.29 is 8.42 Å². The van der Waals surface area contributed by atoms with Crippen LogP contribution in [0.25, 0.3) is 10.4 Å². The smallest absolute Gasteiger partial charge is 0.251 e. The zero-order valence-electron chi connectivity index (χ0n) is 16.0. The second-order valence-electron chi connectivity index (χ2n) is 6.62. The predicted molar refractivity (Wildman–Crippen MR) is 114 cm³/mol. The van der Waals surface area contributed by atoms with Gasteiger partial charge in [-0.05, 0) is 49.9 Å². The largest absolute Gasteiger partial charge is 0.326 e. The van der Waals surface area contributed by atoms with Crippen molar-refractivity contribution in [2.75, 3.05) is 6.54 Å². The second-order valence-corrected chi connectivity index (χ2v) is 9.70. The lowest BCUT2D eigenvalue weighted by Gasteiger charge is -2.06. The first-order valence-electron chi connectivity index (χ1n) is 9.27. The fourth-order valence-corrected chi connectivity index (χ4v) is 5.51. The maximum atomic E-state index is 12.6. The van der Waals surface area contributed by atoms with E-state index < -0.39 is 10.0 Å². The highest BCUT2D eigenvalue weighted by molar-refractivity contribution is 7.91. The Morgan fingerprint density at radius 3 is 2.57 bits per heavy atom. The molecule has 0 aliphatic carbocycles. The number of hydrogen-bond acceptors (Lipinski definition) is 4. The van der Waals surface area contributed by atoms with Gasteiger partial charge in [0, 0.05) is 28.2 Å². The van der Waals surface area contributed by atoms with Crippen LogP contribution in [0.2, 0.25) is 0 Å². The van der Waals surface area contributed by atoms with E-state index in [4.69, 9.17) is 0 Å². The van der Waals surface area contributed by atoms with Crippen molar-refractivity contribution in [3.8, 4) is 10.4 Å². The maximum Gasteiger partial charge on any atom is 0.251 e. The van der Waals surface area contributed by atoms with Crippen molar-refractivity contribution in [2.24, 2.45) is 0 Å². The van der Waals surface area contributed by atoms with Crippen molar-refractivity contribution in [3.63, 3.8) is 0 Å². The molecule has 0 atom stereocenters. The summed E-state index contributed by atoms with van der Waals surface area (Å²) in [6, 6.07) is 15.3. The molecule has 3 rings (SSSR count). The molecule has 5 nitrogen and oxygen atoms in total. The molecular formula is C21H24N2O3S2. The summed E-state index contributed by atoms with van der Waals surface area (Å²) in [4.78, 5) is 15.6. The van der Waals surface area contributed by atoms with Gasteiger partial charge in [0.05, 0.1) is 0 Å². The predicted octanol–water partition coefficient (Wildman–Crippen LogP) is 3.89. The summed E-state index contributed by atoms with van der Waals surface area (Å²) in [6.07, 6.45) is 2.19. The van der Waals surface area contributed by atoms with Crippen LogP contribution in [0.4, 0.5) is 0 Å². The Hall–Kier alpha value is -2.22. The van der Waals surface area contributed by atoms with Gasteiger partial charge in [0.2, 0.25) is 10.0 Å². The van der Waals surface area contributed by atoms with E-state index in [2.05, 4.69) is 9.71 Å². The molecule has 7 heteroatoms. The van der Waals surface area contributed by atoms with E-state index in [9.17, 15) is 13.2 Å². The molecule has 0 amide bonds. The number of sulfonamides is 1. The van der Waals surface area contributed by atoms with Crippen LogP contribution >= 0.6 is 11.3 Å². The first kappa shape index (κ1) is 20.5. The summed E-state index contributed by atoms with van der Waals surface area (Å²) in [6.45, 7) is 4.14. The summed E-state index contributed by atoms with van der Waals surface area (Å²) in [5.74, 6) is 0. The van der Waals surface area contributed by atoms with Crippen LogP contribution in [0.5, 0.6) is 0 Å². The average Bonchev–Trinajstić information content (AvgIpc) is 3.17. The Morgan fingerprint density at radius 2 is 1.86 bits per heavy atom. The third-order valence-electron chi connectivity index (χ3n) is 4.58. The summed E-state index contributed by atoms with van der Waals surface area (Å²) in [7, 11) is -3.54. The van der Waals surface area contributed by atoms with Crippen LogP contribution in [0.3, 0.4) is 0 Å². The van der Waals surface area contributed by atoms with Gasteiger partial charge in [-0.2, -0.15) is 0 Å². The number of pyridine rings is 1. The van der Waals surface area contributed by atoms with Gasteiger partial charge in [-0.15, -0.1) is 11.3 Å². The molecule has 0 bridgehead atoms. The van der Waals surface area contributed by atoms with Crippen molar-refractivity contribution in [2.45, 2.75) is 37.3 Å². The van der Waals surface area contributed by atoms with Crippen molar-refractivity contribution in [1.29, 1.82) is 0 Å². The van der Waals surface area contributed by atoms with Crippen molar-refractivity contribution in [3.05, 3.63) is 75.7 Å². The van der Waals surface area contributed by atoms with Crippen LogP contribution in [0, 0.1) is 6.92 Å². The molecular weight excluding hydrogens is 392 g/mol. The lowest BCUT2D eigenvalue weighted by molar-refractivity contribution is 0.581. The summed E-state index contributed by atoms with van der Waals surface area (Å²) in [5.41, 5.74) is 3.40. The molecule has 3 aromatic rings. The number of aromatic nitrogens is 1. The Morgan fingerprint density at radius 1 is 1.11 bits per heavy atom. The molecule has 0 spiro atoms. The first-order chi connectivity index (χ1) is 13.4. The summed E-state index contributed by atoms with van der Waals surface area (Å²) in [5, 5.41) is 0. The van der Waals surface area contributed by atoms with E-state index in [0.717, 1.165) is 29.0 Å². The third kappa shape index (κ3) is 4.79. The van der Waals surface area contributed by atoms with Gasteiger partial charge in [-0.1, -0.05) is 37.3 Å². The molecule has 148 valence electrons. The van der Waals surface area contributed by atoms with Crippen molar-refractivity contribution >= 4 is 21.4 Å². The van der Waals surface area contributed by atoms with E-state index in [-0.39, 0.29) is 9.77 Å². The van der Waals surface area contributed by atoms with E-state index in [1.165, 1.54) is 16.9 Å². The zero-order chi connectivity index (χ0) is 20.1. The van der Waals surface area contributed by atoms with Crippen LogP contribution in [0.1, 0.15) is 30.2 Å². The molecule has 2 heterocycles. The number of nitrogens with one attached hydrogen (secondary N) is 2. The molecule has 0 saturated carbocycles. The molecule has 0 saturated heterocycles. The van der Waals surface area contributed by atoms with Gasteiger partial charge < -0.3 is 4.98 Å². The zero-order valence-corrected chi connectivity index (χ0v) is 17.6. The van der Waals surface area contributed by atoms with Gasteiger partial charge in [0.25, 0.3) is 5.56 Å². The number of rotatable bonds is 8. The number of benzene rings is 1. The fraction of sp³-hybridized carbons (Fsp3) is 0.286. The SMILES string of the molecule is CCc1cc(-c2ccc(S(=O)(=O)NCCCc3ccccc3)s2)c(C)[nH]c1=O. The fourth-order valence-electron chi connectivity index (χ4n) is 3.01. The number of aryl methyl sites for hydroxylation is 3. The number of H-pyrrole nitrogens is 1. The average molecular weight is 417 g/mol. The van der Waals surface area contributed by atoms with Crippen LogP contribution in [-0.4, -0.2) is 19.9 Å². The minimum atomic E-state index is -3.54. The van der Waals surface area contributed by atoms with E-state index in [1.54, 1.807) is 12.1 Å². The van der Waals surface area contributed by atoms with E-state index in [0.29, 0.717) is 18.5 Å². The lowest BCUT2D eigenvalue weighted by atomic mass is 10.1. The quantitative estimate of drug-likeness (QED) is 0.547. The van der Waals surface area contributed by atoms with E-state index in [1.807, 2.05) is 50.2 Å². The summed E-state index contributed by atoms with van der Waals surface area (Å²) < 4.78 is 28.1. The number of hydrogen-bond donors (Lipinski definition) is 2. The second kappa shape index (κ2) is 8.86. The highest BCUT2D eigenvalue weighted by Crippen LogP contribution is 2.32. The number of aromatic amines is 1. The molecule has 0 unspecified atom stereocenters. The standard InChI is InChI=1S/C21H24N2O3S2/c1-3-17-14-18(15(2)23-21(17)24)19-11-12-20(27-19)28(25,26)22-13-7-10-16-8-5-4-6-9-16/h4-6,8-9,11-12,14,22H,3,7,10,13H2,1-2H3,(H,23,24). The molecule has 2 aromatic heterocycles. The van der Waals surface area contributed by atoms with Crippen LogP contribution in [-0.2, 0) is 22.9 Å². The van der Waals surface area contributed by atoms with Gasteiger partial charge >= 0.3 is 0 Å². The molecule has 2 N–H and O–H groups in total. The Bertz CT molecular complexity index is 1100. The lowest BCUT2D eigenvalue weighted by Crippen LogP contribution is -2.24. The van der Waals surface area contributed by atoms with Crippen molar-refractivity contribution in [1.82, 2.24) is 9.71 Å². The Balaban J connectivity index is 1.69. The monoisotopic (exact) mass is 416 g/mol. The Kier molecular flexibility index (Phi) is 6.49. The molecule has 1 aromatic carbocycles. The normalized spacial score (nSPS) is 11.6. The minimum Gasteiger partial charge on any atom is -0.326 e. The van der Waals surface area contributed by atoms with Crippen LogP contribution in [0.15, 0.2) is 57.5 Å². The molecule has 28 heavy (non-hydrogen) atoms. The topological polar surface area (TPSA) is 79.0 Å². The minimum absolute atomic E-state index is 0.0896. The third-order valence-corrected chi connectivity index (χ3v) is 7.66. The molecule has 0 radical (unpaired) electrons. The molecule has 0 fully saturated rings. The highest BCUT2D eigenvalue weighted by atomic mass is 32.2. The number of thiophene rings is 1. The van der Waals surface area contributed by atoms with Gasteiger partial charge in [-0.3, -0.25) is 4.79 Å². The molecule has 0 aliphatic heterocycles. The maximum absolute atomic E-state index is 12.6. The Labute approximate surface area is 169 Å². The van der Waals surface area contributed by atoms with Crippen LogP contribution < -0.4 is 10.3 Å². The highest BCUT2D eigenvalue weighted by Gasteiger charge is 2.18. The van der Waals surface area contributed by atoms with E-state index >= 15 is 0 Å².